The highest BCUT2D eigenvalue weighted by Gasteiger charge is 2.21. The van der Waals surface area contributed by atoms with Crippen LogP contribution in [0.2, 0.25) is 5.02 Å². The Kier molecular flexibility index (Phi) is 6.14. The number of ether oxygens (including phenoxy) is 2. The van der Waals surface area contributed by atoms with E-state index in [4.69, 9.17) is 16.3 Å². The van der Waals surface area contributed by atoms with Crippen molar-refractivity contribution >= 4 is 34.6 Å². The number of methoxy groups -OCH3 is 1. The molecular formula is C16H14ClN3O7. The Labute approximate surface area is 157 Å². The van der Waals surface area contributed by atoms with Crippen molar-refractivity contribution in [2.45, 2.75) is 13.0 Å². The van der Waals surface area contributed by atoms with Crippen molar-refractivity contribution in [3.8, 4) is 11.5 Å². The Morgan fingerprint density at radius 3 is 2.41 bits per heavy atom. The average molecular weight is 396 g/mol. The van der Waals surface area contributed by atoms with Crippen molar-refractivity contribution < 1.29 is 24.1 Å². The number of hydrogen-bond acceptors (Lipinski definition) is 8. The van der Waals surface area contributed by atoms with Crippen LogP contribution >= 0.6 is 11.6 Å². The summed E-state index contributed by atoms with van der Waals surface area (Å²) in [5.41, 5.74) is -0.438. The highest BCUT2D eigenvalue weighted by Crippen LogP contribution is 2.35. The van der Waals surface area contributed by atoms with Crippen LogP contribution in [0.15, 0.2) is 36.4 Å². The zero-order chi connectivity index (χ0) is 20.1. The molecule has 2 aromatic rings. The Hall–Kier alpha value is -3.40. The van der Waals surface area contributed by atoms with E-state index in [0.717, 1.165) is 6.07 Å². The minimum Gasteiger partial charge on any atom is -0.467 e. The molecule has 2 rings (SSSR count). The maximum Gasteiger partial charge on any atom is 0.327 e. The molecule has 0 aromatic heterocycles. The van der Waals surface area contributed by atoms with Gasteiger partial charge in [-0.2, -0.15) is 0 Å². The number of nitrogens with zero attached hydrogens (tertiary/aromatic N) is 2. The second-order valence-corrected chi connectivity index (χ2v) is 5.71. The molecule has 0 aliphatic rings. The van der Waals surface area contributed by atoms with E-state index < -0.39 is 21.9 Å². The molecule has 0 aliphatic heterocycles. The van der Waals surface area contributed by atoms with Crippen molar-refractivity contribution in [2.75, 3.05) is 12.4 Å². The molecule has 27 heavy (non-hydrogen) atoms. The molecule has 10 nitrogen and oxygen atoms in total. The molecule has 11 heteroatoms. The molecule has 0 heterocycles. The van der Waals surface area contributed by atoms with E-state index >= 15 is 0 Å². The van der Waals surface area contributed by atoms with Gasteiger partial charge >= 0.3 is 5.97 Å². The second-order valence-electron chi connectivity index (χ2n) is 5.30. The number of nitrogens with one attached hydrogen (secondary N) is 1. The number of nitro groups is 2. The van der Waals surface area contributed by atoms with Crippen LogP contribution in [0.4, 0.5) is 17.1 Å². The third-order valence-electron chi connectivity index (χ3n) is 3.45. The summed E-state index contributed by atoms with van der Waals surface area (Å²) in [4.78, 5) is 32.3. The molecule has 0 bridgehead atoms. The lowest BCUT2D eigenvalue weighted by molar-refractivity contribution is -0.384. The number of anilines is 1. The Morgan fingerprint density at radius 1 is 1.15 bits per heavy atom. The molecule has 1 unspecified atom stereocenters. The van der Waals surface area contributed by atoms with Crippen LogP contribution in [0, 0.1) is 20.2 Å². The van der Waals surface area contributed by atoms with Crippen LogP contribution in [-0.2, 0) is 9.53 Å². The highest BCUT2D eigenvalue weighted by molar-refractivity contribution is 6.32. The van der Waals surface area contributed by atoms with Gasteiger partial charge in [-0.3, -0.25) is 20.2 Å². The van der Waals surface area contributed by atoms with Gasteiger partial charge in [0.1, 0.15) is 23.2 Å². The molecule has 0 saturated carbocycles. The van der Waals surface area contributed by atoms with Crippen molar-refractivity contribution in [1.82, 2.24) is 0 Å². The van der Waals surface area contributed by atoms with Crippen molar-refractivity contribution in [2.24, 2.45) is 0 Å². The quantitative estimate of drug-likeness (QED) is 0.423. The number of esters is 1. The third-order valence-corrected chi connectivity index (χ3v) is 3.74. The van der Waals surface area contributed by atoms with Crippen LogP contribution in [0.5, 0.6) is 11.5 Å². The first kappa shape index (κ1) is 19.9. The first-order chi connectivity index (χ1) is 12.7. The van der Waals surface area contributed by atoms with Crippen molar-refractivity contribution in [3.63, 3.8) is 0 Å². The molecule has 1 N–H and O–H groups in total. The largest absolute Gasteiger partial charge is 0.467 e. The average Bonchev–Trinajstić information content (AvgIpc) is 2.62. The van der Waals surface area contributed by atoms with Gasteiger partial charge in [-0.1, -0.05) is 11.6 Å². The van der Waals surface area contributed by atoms with Gasteiger partial charge in [0.15, 0.2) is 0 Å². The topological polar surface area (TPSA) is 134 Å². The van der Waals surface area contributed by atoms with E-state index in [9.17, 15) is 25.0 Å². The zero-order valence-electron chi connectivity index (χ0n) is 14.2. The van der Waals surface area contributed by atoms with Crippen LogP contribution in [0.25, 0.3) is 0 Å². The minimum atomic E-state index is -0.841. The minimum absolute atomic E-state index is 0.00000854. The van der Waals surface area contributed by atoms with Gasteiger partial charge < -0.3 is 14.8 Å². The number of benzene rings is 2. The highest BCUT2D eigenvalue weighted by atomic mass is 35.5. The summed E-state index contributed by atoms with van der Waals surface area (Å²) >= 11 is 5.98. The molecule has 0 spiro atoms. The van der Waals surface area contributed by atoms with Gasteiger partial charge in [0.05, 0.1) is 22.0 Å². The summed E-state index contributed by atoms with van der Waals surface area (Å²) in [6.07, 6.45) is 0. The Balaban J connectivity index is 2.33. The number of hydrogen-bond donors (Lipinski definition) is 1. The standard InChI is InChI=1S/C16H14ClN3O7/c1-9(16(21)26-2)18-13-8-11(4-5-14(13)20(24)25)27-15-6-3-10(19(22)23)7-12(15)17/h3-9,18H,1-2H3. The van der Waals surface area contributed by atoms with Crippen molar-refractivity contribution in [1.29, 1.82) is 0 Å². The number of carbonyl (C=O) groups is 1. The fraction of sp³-hybridized carbons (Fsp3) is 0.188. The van der Waals surface area contributed by atoms with Crippen LogP contribution in [0.3, 0.4) is 0 Å². The van der Waals surface area contributed by atoms with Crippen molar-refractivity contribution in [3.05, 3.63) is 61.6 Å². The monoisotopic (exact) mass is 395 g/mol. The normalized spacial score (nSPS) is 11.4. The number of carbonyl (C=O) groups excluding carboxylic acids is 1. The summed E-state index contributed by atoms with van der Waals surface area (Å²) in [6.45, 7) is 1.48. The Bertz CT molecular complexity index is 904. The molecule has 0 aliphatic carbocycles. The fourth-order valence-corrected chi connectivity index (χ4v) is 2.35. The predicted molar refractivity (Wildman–Crippen MR) is 96.4 cm³/mol. The maximum absolute atomic E-state index is 11.5. The van der Waals surface area contributed by atoms with Gasteiger partial charge in [0.25, 0.3) is 11.4 Å². The van der Waals surface area contributed by atoms with Crippen LogP contribution < -0.4 is 10.1 Å². The first-order valence-electron chi connectivity index (χ1n) is 7.47. The fourth-order valence-electron chi connectivity index (χ4n) is 2.14. The smallest absolute Gasteiger partial charge is 0.327 e. The first-order valence-corrected chi connectivity index (χ1v) is 7.85. The molecule has 2 aromatic carbocycles. The molecule has 0 saturated heterocycles. The number of halogens is 1. The lowest BCUT2D eigenvalue weighted by atomic mass is 10.2. The molecule has 0 radical (unpaired) electrons. The lowest BCUT2D eigenvalue weighted by Crippen LogP contribution is -2.27. The SMILES string of the molecule is COC(=O)C(C)Nc1cc(Oc2ccc([N+](=O)[O-])cc2Cl)ccc1[N+](=O)[O-]. The summed E-state index contributed by atoms with van der Waals surface area (Å²) in [5.74, 6) is -0.298. The van der Waals surface area contributed by atoms with Gasteiger partial charge in [-0.15, -0.1) is 0 Å². The summed E-state index contributed by atoms with van der Waals surface area (Å²) in [6, 6.07) is 6.66. The summed E-state index contributed by atoms with van der Waals surface area (Å²) in [7, 11) is 1.20. The number of rotatable bonds is 7. The van der Waals surface area contributed by atoms with Gasteiger partial charge in [-0.25, -0.2) is 4.79 Å². The second kappa shape index (κ2) is 8.32. The molecule has 1 atom stereocenters. The van der Waals surface area contributed by atoms with Gasteiger partial charge in [-0.05, 0) is 19.1 Å². The zero-order valence-corrected chi connectivity index (χ0v) is 14.9. The van der Waals surface area contributed by atoms with Gasteiger partial charge in [0, 0.05) is 24.3 Å². The van der Waals surface area contributed by atoms with Crippen LogP contribution in [-0.4, -0.2) is 29.0 Å². The van der Waals surface area contributed by atoms with E-state index in [1.807, 2.05) is 0 Å². The van der Waals surface area contributed by atoms with E-state index in [0.29, 0.717) is 0 Å². The number of nitro benzene ring substituents is 2. The van der Waals surface area contributed by atoms with E-state index in [1.54, 1.807) is 0 Å². The molecule has 0 amide bonds. The number of non-ortho nitro benzene ring substituents is 1. The van der Waals surface area contributed by atoms with E-state index in [1.165, 1.54) is 44.4 Å². The molecule has 0 fully saturated rings. The van der Waals surface area contributed by atoms with Gasteiger partial charge in [0.2, 0.25) is 0 Å². The van der Waals surface area contributed by atoms with E-state index in [2.05, 4.69) is 10.1 Å². The van der Waals surface area contributed by atoms with E-state index in [-0.39, 0.29) is 33.6 Å². The summed E-state index contributed by atoms with van der Waals surface area (Å²) in [5, 5.41) is 24.6. The Morgan fingerprint density at radius 2 is 1.85 bits per heavy atom. The molecular weight excluding hydrogens is 382 g/mol. The predicted octanol–water partition coefficient (Wildman–Crippen LogP) is 3.92. The summed E-state index contributed by atoms with van der Waals surface area (Å²) < 4.78 is 10.1. The maximum atomic E-state index is 11.5. The third kappa shape index (κ3) is 4.82. The lowest BCUT2D eigenvalue weighted by Gasteiger charge is -2.14. The molecule has 142 valence electrons. The van der Waals surface area contributed by atoms with Crippen LogP contribution in [0.1, 0.15) is 6.92 Å².